The minimum Gasteiger partial charge on any atom is -0.491 e. The highest BCUT2D eigenvalue weighted by Crippen LogP contribution is 2.23. The maximum Gasteiger partial charge on any atom is 0.250 e. The molecule has 1 aromatic carbocycles. The molecule has 32 heavy (non-hydrogen) atoms. The van der Waals surface area contributed by atoms with Gasteiger partial charge in [-0.15, -0.1) is 0 Å². The van der Waals surface area contributed by atoms with Crippen molar-refractivity contribution in [2.45, 2.75) is 58.7 Å². The van der Waals surface area contributed by atoms with E-state index in [4.69, 9.17) is 14.5 Å². The number of nitrogens with zero attached hydrogens (tertiary/aromatic N) is 2. The van der Waals surface area contributed by atoms with Crippen LogP contribution in [0.15, 0.2) is 52.4 Å². The Morgan fingerprint density at radius 2 is 2.16 bits per heavy atom. The zero-order chi connectivity index (χ0) is 22.6. The Kier molecular flexibility index (Phi) is 9.62. The molecule has 1 saturated heterocycles. The Bertz CT molecular complexity index is 919. The standard InChI is InChI=1S/C25H36N4O3/c1-3-26-25(27-13-5-7-15-29-14-6-4-10-24(29)30)28-18-21-12-11-20(2)17-23(21)32-19-22-9-8-16-31-22/h4,6,10-12,14,17,22H,3,5,7-9,13,15-16,18-19H2,1-2H3,(H2,26,27,28). The van der Waals surface area contributed by atoms with Gasteiger partial charge in [-0.1, -0.05) is 18.2 Å². The van der Waals surface area contributed by atoms with Crippen molar-refractivity contribution in [1.82, 2.24) is 15.2 Å². The van der Waals surface area contributed by atoms with Crippen molar-refractivity contribution in [3.8, 4) is 5.75 Å². The predicted molar refractivity (Wildman–Crippen MR) is 128 cm³/mol. The van der Waals surface area contributed by atoms with Gasteiger partial charge in [0.1, 0.15) is 12.4 Å². The van der Waals surface area contributed by atoms with Crippen molar-refractivity contribution in [3.63, 3.8) is 0 Å². The highest BCUT2D eigenvalue weighted by Gasteiger charge is 2.17. The lowest BCUT2D eigenvalue weighted by molar-refractivity contribution is 0.0676. The third-order valence-electron chi connectivity index (χ3n) is 5.44. The lowest BCUT2D eigenvalue weighted by Crippen LogP contribution is -2.37. The van der Waals surface area contributed by atoms with Gasteiger partial charge in [0.15, 0.2) is 5.96 Å². The maximum atomic E-state index is 11.8. The minimum absolute atomic E-state index is 0.0472. The van der Waals surface area contributed by atoms with Gasteiger partial charge in [-0.2, -0.15) is 0 Å². The van der Waals surface area contributed by atoms with E-state index >= 15 is 0 Å². The van der Waals surface area contributed by atoms with Gasteiger partial charge in [0, 0.05) is 44.1 Å². The van der Waals surface area contributed by atoms with Gasteiger partial charge in [0.2, 0.25) is 5.56 Å². The molecule has 1 atom stereocenters. The largest absolute Gasteiger partial charge is 0.491 e. The van der Waals surface area contributed by atoms with Gasteiger partial charge >= 0.3 is 0 Å². The van der Waals surface area contributed by atoms with Gasteiger partial charge in [-0.3, -0.25) is 4.79 Å². The van der Waals surface area contributed by atoms with E-state index in [0.717, 1.165) is 69.2 Å². The third-order valence-corrected chi connectivity index (χ3v) is 5.44. The van der Waals surface area contributed by atoms with Crippen LogP contribution < -0.4 is 20.9 Å². The van der Waals surface area contributed by atoms with E-state index in [2.05, 4.69) is 42.7 Å². The van der Waals surface area contributed by atoms with Crippen molar-refractivity contribution >= 4 is 5.96 Å². The first kappa shape index (κ1) is 23.9. The first-order chi connectivity index (χ1) is 15.7. The number of ether oxygens (including phenoxy) is 2. The molecule has 1 aliphatic rings. The summed E-state index contributed by atoms with van der Waals surface area (Å²) in [7, 11) is 0. The van der Waals surface area contributed by atoms with Crippen LogP contribution in [0.4, 0.5) is 0 Å². The number of aliphatic imine (C=N–C) groups is 1. The molecule has 7 heteroatoms. The van der Waals surface area contributed by atoms with E-state index in [-0.39, 0.29) is 11.7 Å². The average Bonchev–Trinajstić information content (AvgIpc) is 3.31. The molecule has 0 spiro atoms. The zero-order valence-electron chi connectivity index (χ0n) is 19.3. The van der Waals surface area contributed by atoms with Crippen LogP contribution in [0, 0.1) is 6.92 Å². The molecule has 0 bridgehead atoms. The maximum absolute atomic E-state index is 11.8. The second-order valence-electron chi connectivity index (χ2n) is 8.12. The number of aryl methyl sites for hydroxylation is 2. The molecule has 0 aliphatic carbocycles. The van der Waals surface area contributed by atoms with E-state index < -0.39 is 0 Å². The van der Waals surface area contributed by atoms with E-state index in [1.54, 1.807) is 16.7 Å². The first-order valence-corrected chi connectivity index (χ1v) is 11.7. The van der Waals surface area contributed by atoms with Crippen LogP contribution in [-0.2, 0) is 17.8 Å². The highest BCUT2D eigenvalue weighted by molar-refractivity contribution is 5.79. The van der Waals surface area contributed by atoms with Crippen molar-refractivity contribution < 1.29 is 9.47 Å². The summed E-state index contributed by atoms with van der Waals surface area (Å²) >= 11 is 0. The molecule has 0 saturated carbocycles. The number of hydrogen-bond donors (Lipinski definition) is 2. The summed E-state index contributed by atoms with van der Waals surface area (Å²) in [6.07, 6.45) is 6.08. The lowest BCUT2D eigenvalue weighted by Gasteiger charge is -2.15. The molecule has 0 radical (unpaired) electrons. The summed E-state index contributed by atoms with van der Waals surface area (Å²) in [5.41, 5.74) is 2.28. The molecule has 7 nitrogen and oxygen atoms in total. The summed E-state index contributed by atoms with van der Waals surface area (Å²) in [5.74, 6) is 1.67. The molecule has 174 valence electrons. The van der Waals surface area contributed by atoms with E-state index in [1.165, 1.54) is 5.56 Å². The molecule has 2 heterocycles. The van der Waals surface area contributed by atoms with Gasteiger partial charge in [0.05, 0.1) is 12.6 Å². The first-order valence-electron chi connectivity index (χ1n) is 11.7. The molecule has 2 aromatic rings. The van der Waals surface area contributed by atoms with Crippen LogP contribution in [-0.4, -0.2) is 42.9 Å². The van der Waals surface area contributed by atoms with Crippen molar-refractivity contribution in [2.75, 3.05) is 26.3 Å². The molecule has 1 fully saturated rings. The normalized spacial score (nSPS) is 16.2. The van der Waals surface area contributed by atoms with Crippen LogP contribution in [0.3, 0.4) is 0 Å². The number of aromatic nitrogens is 1. The fourth-order valence-corrected chi connectivity index (χ4v) is 3.65. The second-order valence-corrected chi connectivity index (χ2v) is 8.12. The number of unbranched alkanes of at least 4 members (excludes halogenated alkanes) is 1. The number of rotatable bonds is 11. The molecular weight excluding hydrogens is 404 g/mol. The average molecular weight is 441 g/mol. The summed E-state index contributed by atoms with van der Waals surface area (Å²) in [6, 6.07) is 11.5. The van der Waals surface area contributed by atoms with Crippen molar-refractivity contribution in [2.24, 2.45) is 4.99 Å². The van der Waals surface area contributed by atoms with Crippen LogP contribution in [0.2, 0.25) is 0 Å². The number of benzene rings is 1. The Morgan fingerprint density at radius 1 is 1.25 bits per heavy atom. The number of nitrogens with one attached hydrogen (secondary N) is 2. The Hall–Kier alpha value is -2.80. The second kappa shape index (κ2) is 12.9. The Balaban J connectivity index is 1.50. The third kappa shape index (κ3) is 7.71. The number of guanidine groups is 1. The Labute approximate surface area is 190 Å². The highest BCUT2D eigenvalue weighted by atomic mass is 16.5. The SMILES string of the molecule is CCNC(=NCc1ccc(C)cc1OCC1CCCO1)NCCCCn1ccccc1=O. The fourth-order valence-electron chi connectivity index (χ4n) is 3.65. The summed E-state index contributed by atoms with van der Waals surface area (Å²) in [5, 5.41) is 6.69. The van der Waals surface area contributed by atoms with Crippen molar-refractivity contribution in [3.05, 3.63) is 64.1 Å². The molecule has 1 aromatic heterocycles. The topological polar surface area (TPSA) is 76.9 Å². The minimum atomic E-state index is 0.0472. The van der Waals surface area contributed by atoms with Gasteiger partial charge < -0.3 is 24.7 Å². The quantitative estimate of drug-likeness (QED) is 0.319. The fraction of sp³-hybridized carbons (Fsp3) is 0.520. The van der Waals surface area contributed by atoms with Gasteiger partial charge in [-0.05, 0) is 57.2 Å². The molecule has 2 N–H and O–H groups in total. The number of pyridine rings is 1. The van der Waals surface area contributed by atoms with Crippen LogP contribution in [0.5, 0.6) is 5.75 Å². The summed E-state index contributed by atoms with van der Waals surface area (Å²) < 4.78 is 13.5. The lowest BCUT2D eigenvalue weighted by atomic mass is 10.1. The van der Waals surface area contributed by atoms with E-state index in [9.17, 15) is 4.79 Å². The van der Waals surface area contributed by atoms with Crippen LogP contribution in [0.25, 0.3) is 0 Å². The molecule has 1 unspecified atom stereocenters. The predicted octanol–water partition coefficient (Wildman–Crippen LogP) is 3.25. The van der Waals surface area contributed by atoms with E-state index in [1.807, 2.05) is 12.3 Å². The van der Waals surface area contributed by atoms with Crippen LogP contribution in [0.1, 0.15) is 43.7 Å². The Morgan fingerprint density at radius 3 is 2.94 bits per heavy atom. The van der Waals surface area contributed by atoms with Gasteiger partial charge in [-0.25, -0.2) is 4.99 Å². The molecule has 1 aliphatic heterocycles. The van der Waals surface area contributed by atoms with Crippen LogP contribution >= 0.6 is 0 Å². The summed E-state index contributed by atoms with van der Waals surface area (Å²) in [4.78, 5) is 16.5. The van der Waals surface area contributed by atoms with Gasteiger partial charge in [0.25, 0.3) is 0 Å². The molecule has 3 rings (SSSR count). The van der Waals surface area contributed by atoms with E-state index in [0.29, 0.717) is 13.2 Å². The smallest absolute Gasteiger partial charge is 0.250 e. The molecular formula is C25H36N4O3. The zero-order valence-corrected chi connectivity index (χ0v) is 19.3. The number of hydrogen-bond acceptors (Lipinski definition) is 4. The van der Waals surface area contributed by atoms with Crippen molar-refractivity contribution in [1.29, 1.82) is 0 Å². The summed E-state index contributed by atoms with van der Waals surface area (Å²) in [6.45, 7) is 8.40. The molecule has 0 amide bonds. The monoisotopic (exact) mass is 440 g/mol.